The zero-order valence-electron chi connectivity index (χ0n) is 7.46. The predicted molar refractivity (Wildman–Crippen MR) is 57.0 cm³/mol. The minimum absolute atomic E-state index is 0.682. The van der Waals surface area contributed by atoms with Crippen molar-refractivity contribution in [3.05, 3.63) is 34.5 Å². The lowest BCUT2D eigenvalue weighted by molar-refractivity contribution is 0.125. The Morgan fingerprint density at radius 2 is 2.14 bits per heavy atom. The molecule has 3 heteroatoms. The minimum Gasteiger partial charge on any atom is -0.457 e. The zero-order valence-corrected chi connectivity index (χ0v) is 9.04. The fourth-order valence-electron chi connectivity index (χ4n) is 1.62. The molecular formula is C11H9BrO2. The van der Waals surface area contributed by atoms with Crippen molar-refractivity contribution in [2.24, 2.45) is 0 Å². The molecule has 1 aromatic carbocycles. The summed E-state index contributed by atoms with van der Waals surface area (Å²) in [6, 6.07) is 7.81. The van der Waals surface area contributed by atoms with E-state index in [0.717, 1.165) is 28.3 Å². The van der Waals surface area contributed by atoms with E-state index in [1.54, 1.807) is 0 Å². The van der Waals surface area contributed by atoms with Gasteiger partial charge in [0.05, 0.1) is 4.47 Å². The maximum absolute atomic E-state index is 9.88. The first-order valence-electron chi connectivity index (χ1n) is 4.60. The van der Waals surface area contributed by atoms with Crippen LogP contribution >= 0.6 is 15.9 Å². The van der Waals surface area contributed by atoms with Gasteiger partial charge in [-0.15, -0.1) is 0 Å². The van der Waals surface area contributed by atoms with Gasteiger partial charge in [0.1, 0.15) is 16.9 Å². The number of fused-ring (bicyclic) bond motifs is 1. The molecule has 0 radical (unpaired) electrons. The fraction of sp³-hybridized carbons (Fsp3) is 0.273. The van der Waals surface area contributed by atoms with Gasteiger partial charge in [0.15, 0.2) is 0 Å². The molecule has 14 heavy (non-hydrogen) atoms. The average molecular weight is 253 g/mol. The lowest BCUT2D eigenvalue weighted by atomic mass is 10.2. The van der Waals surface area contributed by atoms with Crippen LogP contribution in [-0.2, 0) is 5.60 Å². The molecule has 0 unspecified atom stereocenters. The van der Waals surface area contributed by atoms with Crippen LogP contribution in [0.3, 0.4) is 0 Å². The Bertz CT molecular complexity index is 497. The Kier molecular flexibility index (Phi) is 1.59. The van der Waals surface area contributed by atoms with Crippen molar-refractivity contribution in [2.45, 2.75) is 18.4 Å². The summed E-state index contributed by atoms with van der Waals surface area (Å²) in [5, 5.41) is 10.9. The third kappa shape index (κ3) is 1.12. The molecule has 1 aromatic heterocycles. The molecule has 1 N–H and O–H groups in total. The highest BCUT2D eigenvalue weighted by atomic mass is 79.9. The van der Waals surface area contributed by atoms with Gasteiger partial charge in [-0.05, 0) is 40.9 Å². The van der Waals surface area contributed by atoms with Crippen LogP contribution in [0.25, 0.3) is 11.0 Å². The van der Waals surface area contributed by atoms with Gasteiger partial charge >= 0.3 is 0 Å². The maximum Gasteiger partial charge on any atom is 0.148 e. The molecule has 2 nitrogen and oxygen atoms in total. The van der Waals surface area contributed by atoms with E-state index in [9.17, 15) is 5.11 Å². The standard InChI is InChI=1S/C11H9BrO2/c12-8-3-1-2-7-6-9(14-10(7)8)11(13)4-5-11/h1-3,6,13H,4-5H2. The SMILES string of the molecule is OC1(c2cc3cccc(Br)c3o2)CC1. The molecule has 1 fully saturated rings. The lowest BCUT2D eigenvalue weighted by Gasteiger charge is -2.00. The first kappa shape index (κ1) is 8.50. The molecule has 1 saturated carbocycles. The van der Waals surface area contributed by atoms with E-state index in [1.807, 2.05) is 24.3 Å². The topological polar surface area (TPSA) is 33.4 Å². The Morgan fingerprint density at radius 3 is 2.79 bits per heavy atom. The number of halogens is 1. The number of para-hydroxylation sites is 1. The van der Waals surface area contributed by atoms with E-state index in [2.05, 4.69) is 15.9 Å². The van der Waals surface area contributed by atoms with Crippen molar-refractivity contribution in [2.75, 3.05) is 0 Å². The summed E-state index contributed by atoms with van der Waals surface area (Å²) in [5.74, 6) is 0.694. The number of hydrogen-bond acceptors (Lipinski definition) is 2. The maximum atomic E-state index is 9.88. The summed E-state index contributed by atoms with van der Waals surface area (Å²) in [7, 11) is 0. The van der Waals surface area contributed by atoms with Gasteiger partial charge in [0.2, 0.25) is 0 Å². The molecule has 2 aromatic rings. The van der Waals surface area contributed by atoms with E-state index >= 15 is 0 Å². The molecule has 0 amide bonds. The summed E-state index contributed by atoms with van der Waals surface area (Å²) < 4.78 is 6.56. The number of benzene rings is 1. The smallest absolute Gasteiger partial charge is 0.148 e. The third-order valence-corrected chi connectivity index (χ3v) is 3.30. The van der Waals surface area contributed by atoms with Gasteiger partial charge in [-0.25, -0.2) is 0 Å². The Hall–Kier alpha value is -0.800. The number of rotatable bonds is 1. The summed E-state index contributed by atoms with van der Waals surface area (Å²) in [6.07, 6.45) is 1.62. The molecule has 1 heterocycles. The second-order valence-electron chi connectivity index (χ2n) is 3.80. The summed E-state index contributed by atoms with van der Waals surface area (Å²) >= 11 is 3.42. The van der Waals surface area contributed by atoms with Crippen molar-refractivity contribution in [3.63, 3.8) is 0 Å². The predicted octanol–water partition coefficient (Wildman–Crippen LogP) is 3.18. The number of hydrogen-bond donors (Lipinski definition) is 1. The van der Waals surface area contributed by atoms with Gasteiger partial charge in [0, 0.05) is 5.39 Å². The molecule has 0 saturated heterocycles. The first-order valence-corrected chi connectivity index (χ1v) is 5.39. The molecule has 1 aliphatic rings. The van der Waals surface area contributed by atoms with Gasteiger partial charge in [-0.1, -0.05) is 12.1 Å². The molecular weight excluding hydrogens is 244 g/mol. The van der Waals surface area contributed by atoms with E-state index in [4.69, 9.17) is 4.42 Å². The van der Waals surface area contributed by atoms with Gasteiger partial charge in [-0.3, -0.25) is 0 Å². The highest BCUT2D eigenvalue weighted by Gasteiger charge is 2.45. The van der Waals surface area contributed by atoms with Crippen molar-refractivity contribution < 1.29 is 9.52 Å². The molecule has 1 aliphatic carbocycles. The van der Waals surface area contributed by atoms with Crippen LogP contribution in [0.15, 0.2) is 33.2 Å². The van der Waals surface area contributed by atoms with Crippen LogP contribution in [0.2, 0.25) is 0 Å². The van der Waals surface area contributed by atoms with Crippen molar-refractivity contribution in [3.8, 4) is 0 Å². The largest absolute Gasteiger partial charge is 0.457 e. The molecule has 0 bridgehead atoms. The highest BCUT2D eigenvalue weighted by molar-refractivity contribution is 9.10. The third-order valence-electron chi connectivity index (χ3n) is 2.68. The Morgan fingerprint density at radius 1 is 1.36 bits per heavy atom. The number of aliphatic hydroxyl groups is 1. The Labute approximate surface area is 89.7 Å². The quantitative estimate of drug-likeness (QED) is 0.846. The van der Waals surface area contributed by atoms with Crippen LogP contribution in [0.1, 0.15) is 18.6 Å². The van der Waals surface area contributed by atoms with E-state index < -0.39 is 5.60 Å². The van der Waals surface area contributed by atoms with Crippen molar-refractivity contribution in [1.29, 1.82) is 0 Å². The molecule has 0 spiro atoms. The van der Waals surface area contributed by atoms with Crippen LogP contribution in [0.5, 0.6) is 0 Å². The second kappa shape index (κ2) is 2.61. The van der Waals surface area contributed by atoms with Crippen molar-refractivity contribution >= 4 is 26.9 Å². The van der Waals surface area contributed by atoms with E-state index in [-0.39, 0.29) is 0 Å². The molecule has 0 atom stereocenters. The minimum atomic E-state index is -0.682. The first-order chi connectivity index (χ1) is 6.69. The van der Waals surface area contributed by atoms with Crippen LogP contribution in [0, 0.1) is 0 Å². The molecule has 72 valence electrons. The lowest BCUT2D eigenvalue weighted by Crippen LogP contribution is -2.00. The monoisotopic (exact) mass is 252 g/mol. The average Bonchev–Trinajstić information content (AvgIpc) is 2.77. The summed E-state index contributed by atoms with van der Waals surface area (Å²) in [4.78, 5) is 0. The van der Waals surface area contributed by atoms with Crippen LogP contribution in [-0.4, -0.2) is 5.11 Å². The highest BCUT2D eigenvalue weighted by Crippen LogP contribution is 2.47. The van der Waals surface area contributed by atoms with Gasteiger partial charge in [0.25, 0.3) is 0 Å². The normalized spacial score (nSPS) is 18.7. The van der Waals surface area contributed by atoms with Crippen LogP contribution < -0.4 is 0 Å². The Balaban J connectivity index is 2.25. The summed E-state index contributed by atoms with van der Waals surface area (Å²) in [5.41, 5.74) is 0.140. The second-order valence-corrected chi connectivity index (χ2v) is 4.65. The van der Waals surface area contributed by atoms with Gasteiger partial charge < -0.3 is 9.52 Å². The fourth-order valence-corrected chi connectivity index (χ4v) is 2.08. The van der Waals surface area contributed by atoms with Crippen molar-refractivity contribution in [1.82, 2.24) is 0 Å². The zero-order chi connectivity index (χ0) is 9.76. The van der Waals surface area contributed by atoms with E-state index in [1.165, 1.54) is 0 Å². The van der Waals surface area contributed by atoms with E-state index in [0.29, 0.717) is 5.76 Å². The molecule has 0 aliphatic heterocycles. The summed E-state index contributed by atoms with van der Waals surface area (Å²) in [6.45, 7) is 0. The number of furan rings is 1. The van der Waals surface area contributed by atoms with Crippen LogP contribution in [0.4, 0.5) is 0 Å². The van der Waals surface area contributed by atoms with Gasteiger partial charge in [-0.2, -0.15) is 0 Å². The molecule has 3 rings (SSSR count).